The molecular formula is C19H19F3N4O. The van der Waals surface area contributed by atoms with Gasteiger partial charge in [-0.15, -0.1) is 0 Å². The topological polar surface area (TPSA) is 51.0 Å². The molecule has 142 valence electrons. The fourth-order valence-electron chi connectivity index (χ4n) is 2.80. The summed E-state index contributed by atoms with van der Waals surface area (Å²) in [7, 11) is 1.60. The second kappa shape index (κ2) is 7.02. The third kappa shape index (κ3) is 3.94. The van der Waals surface area contributed by atoms with Crippen molar-refractivity contribution >= 4 is 16.9 Å². The molecule has 0 spiro atoms. The predicted octanol–water partition coefficient (Wildman–Crippen LogP) is 4.30. The largest absolute Gasteiger partial charge is 0.416 e. The van der Waals surface area contributed by atoms with Crippen LogP contribution in [0.15, 0.2) is 42.7 Å². The van der Waals surface area contributed by atoms with Gasteiger partial charge in [0.15, 0.2) is 5.65 Å². The molecule has 0 saturated heterocycles. The highest BCUT2D eigenvalue weighted by molar-refractivity contribution is 5.96. The van der Waals surface area contributed by atoms with E-state index in [1.807, 2.05) is 13.8 Å². The van der Waals surface area contributed by atoms with Crippen LogP contribution >= 0.6 is 0 Å². The summed E-state index contributed by atoms with van der Waals surface area (Å²) < 4.78 is 39.7. The van der Waals surface area contributed by atoms with Gasteiger partial charge in [-0.05, 0) is 37.6 Å². The zero-order valence-electron chi connectivity index (χ0n) is 15.2. The number of amides is 1. The minimum Gasteiger partial charge on any atom is -0.337 e. The normalized spacial score (nSPS) is 12.0. The summed E-state index contributed by atoms with van der Waals surface area (Å²) in [5, 5.41) is 5.03. The molecule has 0 N–H and O–H groups in total. The number of rotatable bonds is 4. The first kappa shape index (κ1) is 18.9. The molecule has 3 aromatic rings. The highest BCUT2D eigenvalue weighted by Gasteiger charge is 2.30. The number of hydrogen-bond acceptors (Lipinski definition) is 3. The van der Waals surface area contributed by atoms with E-state index < -0.39 is 11.7 Å². The van der Waals surface area contributed by atoms with Crippen molar-refractivity contribution in [2.75, 3.05) is 7.05 Å². The van der Waals surface area contributed by atoms with E-state index in [-0.39, 0.29) is 18.5 Å². The second-order valence-corrected chi connectivity index (χ2v) is 6.68. The Labute approximate surface area is 154 Å². The Bertz CT molecular complexity index is 961. The number of carbonyl (C=O) groups is 1. The highest BCUT2D eigenvalue weighted by atomic mass is 19.4. The highest BCUT2D eigenvalue weighted by Crippen LogP contribution is 2.29. The Morgan fingerprint density at radius 2 is 1.85 bits per heavy atom. The summed E-state index contributed by atoms with van der Waals surface area (Å²) >= 11 is 0. The summed E-state index contributed by atoms with van der Waals surface area (Å²) in [6.45, 7) is 4.18. The number of benzene rings is 1. The van der Waals surface area contributed by atoms with Gasteiger partial charge in [0.25, 0.3) is 5.91 Å². The number of aromatic nitrogens is 3. The molecule has 0 aliphatic heterocycles. The summed E-state index contributed by atoms with van der Waals surface area (Å²) in [6.07, 6.45) is -1.22. The Morgan fingerprint density at radius 3 is 2.44 bits per heavy atom. The van der Waals surface area contributed by atoms with Crippen LogP contribution in [0.3, 0.4) is 0 Å². The number of halogens is 3. The first-order valence-corrected chi connectivity index (χ1v) is 8.41. The molecule has 0 aliphatic rings. The lowest BCUT2D eigenvalue weighted by atomic mass is 10.1. The molecule has 8 heteroatoms. The van der Waals surface area contributed by atoms with Crippen molar-refractivity contribution in [3.05, 3.63) is 59.4 Å². The van der Waals surface area contributed by atoms with Gasteiger partial charge in [-0.2, -0.15) is 18.3 Å². The molecule has 0 atom stereocenters. The fraction of sp³-hybridized carbons (Fsp3) is 0.316. The SMILES string of the molecule is CC(C)n1ncc2cc(C(=O)N(C)Cc3ccc(C(F)(F)F)cc3)cnc21. The molecule has 2 aromatic heterocycles. The van der Waals surface area contributed by atoms with E-state index in [2.05, 4.69) is 10.1 Å². The van der Waals surface area contributed by atoms with Gasteiger partial charge in [-0.25, -0.2) is 9.67 Å². The minimum atomic E-state index is -4.37. The maximum absolute atomic E-state index is 12.6. The molecule has 1 aromatic carbocycles. The van der Waals surface area contributed by atoms with Crippen LogP contribution < -0.4 is 0 Å². The summed E-state index contributed by atoms with van der Waals surface area (Å²) in [5.41, 5.74) is 1.00. The molecule has 0 aliphatic carbocycles. The van der Waals surface area contributed by atoms with Crippen LogP contribution in [0.2, 0.25) is 0 Å². The van der Waals surface area contributed by atoms with E-state index in [9.17, 15) is 18.0 Å². The summed E-state index contributed by atoms with van der Waals surface area (Å²) in [5.74, 6) is -0.262. The molecule has 2 heterocycles. The average Bonchev–Trinajstić information content (AvgIpc) is 3.04. The van der Waals surface area contributed by atoms with Gasteiger partial charge >= 0.3 is 6.18 Å². The molecular weight excluding hydrogens is 357 g/mol. The van der Waals surface area contributed by atoms with Crippen LogP contribution in [0, 0.1) is 0 Å². The lowest BCUT2D eigenvalue weighted by Crippen LogP contribution is -2.26. The van der Waals surface area contributed by atoms with Gasteiger partial charge in [0.1, 0.15) is 0 Å². The number of nitrogens with zero attached hydrogens (tertiary/aromatic N) is 4. The number of hydrogen-bond donors (Lipinski definition) is 0. The third-order valence-electron chi connectivity index (χ3n) is 4.22. The summed E-state index contributed by atoms with van der Waals surface area (Å²) in [6, 6.07) is 6.66. The van der Waals surface area contributed by atoms with Crippen LogP contribution in [-0.4, -0.2) is 32.6 Å². The number of alkyl halides is 3. The van der Waals surface area contributed by atoms with Crippen molar-refractivity contribution < 1.29 is 18.0 Å². The van der Waals surface area contributed by atoms with E-state index in [1.54, 1.807) is 24.0 Å². The van der Waals surface area contributed by atoms with Gasteiger partial charge in [-0.3, -0.25) is 4.79 Å². The van der Waals surface area contributed by atoms with E-state index in [1.165, 1.54) is 23.2 Å². The average molecular weight is 376 g/mol. The monoisotopic (exact) mass is 376 g/mol. The van der Waals surface area contributed by atoms with Crippen molar-refractivity contribution in [3.8, 4) is 0 Å². The first-order chi connectivity index (χ1) is 12.7. The molecule has 27 heavy (non-hydrogen) atoms. The van der Waals surface area contributed by atoms with Crippen molar-refractivity contribution in [2.45, 2.75) is 32.6 Å². The molecule has 0 fully saturated rings. The van der Waals surface area contributed by atoms with Crippen molar-refractivity contribution in [3.63, 3.8) is 0 Å². The van der Waals surface area contributed by atoms with Crippen LogP contribution in [0.5, 0.6) is 0 Å². The molecule has 1 amide bonds. The Hall–Kier alpha value is -2.90. The number of carbonyl (C=O) groups excluding carboxylic acids is 1. The van der Waals surface area contributed by atoms with Crippen LogP contribution in [0.1, 0.15) is 41.4 Å². The maximum Gasteiger partial charge on any atom is 0.416 e. The smallest absolute Gasteiger partial charge is 0.337 e. The van der Waals surface area contributed by atoms with Gasteiger partial charge in [0.05, 0.1) is 17.3 Å². The lowest BCUT2D eigenvalue weighted by molar-refractivity contribution is -0.137. The molecule has 5 nitrogen and oxygen atoms in total. The van der Waals surface area contributed by atoms with Gasteiger partial charge in [0, 0.05) is 31.2 Å². The Morgan fingerprint density at radius 1 is 1.19 bits per heavy atom. The van der Waals surface area contributed by atoms with Gasteiger partial charge in [0.2, 0.25) is 0 Å². The van der Waals surface area contributed by atoms with E-state index in [4.69, 9.17) is 0 Å². The zero-order valence-corrected chi connectivity index (χ0v) is 15.2. The number of fused-ring (bicyclic) bond motifs is 1. The molecule has 3 rings (SSSR count). The van der Waals surface area contributed by atoms with Crippen LogP contribution in [0.25, 0.3) is 11.0 Å². The van der Waals surface area contributed by atoms with E-state index in [0.717, 1.165) is 17.5 Å². The van der Waals surface area contributed by atoms with Crippen LogP contribution in [0.4, 0.5) is 13.2 Å². The number of pyridine rings is 1. The van der Waals surface area contributed by atoms with Crippen molar-refractivity contribution in [1.82, 2.24) is 19.7 Å². The van der Waals surface area contributed by atoms with E-state index in [0.29, 0.717) is 16.8 Å². The molecule has 0 unspecified atom stereocenters. The van der Waals surface area contributed by atoms with Gasteiger partial charge in [-0.1, -0.05) is 12.1 Å². The first-order valence-electron chi connectivity index (χ1n) is 8.41. The van der Waals surface area contributed by atoms with Crippen molar-refractivity contribution in [2.24, 2.45) is 0 Å². The van der Waals surface area contributed by atoms with Gasteiger partial charge < -0.3 is 4.90 Å². The zero-order chi connectivity index (χ0) is 19.8. The molecule has 0 saturated carbocycles. The second-order valence-electron chi connectivity index (χ2n) is 6.68. The maximum atomic E-state index is 12.6. The Balaban J connectivity index is 1.76. The van der Waals surface area contributed by atoms with Crippen molar-refractivity contribution in [1.29, 1.82) is 0 Å². The standard InChI is InChI=1S/C19H19F3N4O/c1-12(2)26-17-14(10-24-26)8-15(9-23-17)18(27)25(3)11-13-4-6-16(7-5-13)19(20,21)22/h4-10,12H,11H2,1-3H3. The Kier molecular flexibility index (Phi) is 4.91. The quantitative estimate of drug-likeness (QED) is 0.682. The van der Waals surface area contributed by atoms with E-state index >= 15 is 0 Å². The lowest BCUT2D eigenvalue weighted by Gasteiger charge is -2.18. The molecule has 0 bridgehead atoms. The fourth-order valence-corrected chi connectivity index (χ4v) is 2.80. The summed E-state index contributed by atoms with van der Waals surface area (Å²) in [4.78, 5) is 18.4. The predicted molar refractivity (Wildman–Crippen MR) is 95.2 cm³/mol. The minimum absolute atomic E-state index is 0.152. The molecule has 0 radical (unpaired) electrons. The third-order valence-corrected chi connectivity index (χ3v) is 4.22. The van der Waals surface area contributed by atoms with Crippen LogP contribution in [-0.2, 0) is 12.7 Å².